The minimum Gasteiger partial charge on any atom is -2.00 e. The molecule has 0 aliphatic heterocycles. The van der Waals surface area contributed by atoms with Crippen molar-refractivity contribution in [2.45, 2.75) is 0 Å². The molecule has 0 aliphatic carbocycles. The second-order valence-electron chi connectivity index (χ2n) is 0. The minimum atomic E-state index is 0. The van der Waals surface area contributed by atoms with E-state index in [-0.39, 0.29) is 64.9 Å². The average Bonchev–Trinajstić information content (AvgIpc) is 0. The Balaban J connectivity index is 0. The molecule has 0 saturated carbocycles. The maximum atomic E-state index is 0. The molecule has 2 nitrogen and oxygen atoms in total. The van der Waals surface area contributed by atoms with Crippen molar-refractivity contribution in [3.8, 4) is 0 Å². The average molecular weight is 188 g/mol. The summed E-state index contributed by atoms with van der Waals surface area (Å²) in [5.41, 5.74) is 0. The Hall–Kier alpha value is 1.60. The van der Waals surface area contributed by atoms with E-state index in [1.807, 2.05) is 0 Å². The van der Waals surface area contributed by atoms with E-state index in [9.17, 15) is 0 Å². The molecule has 0 spiro atoms. The molecule has 5 heteroatoms. The van der Waals surface area contributed by atoms with Crippen molar-refractivity contribution in [2.75, 3.05) is 0 Å². The monoisotopic (exact) mass is 186 g/mol. The Morgan fingerprint density at radius 1 is 0.800 bits per heavy atom. The summed E-state index contributed by atoms with van der Waals surface area (Å²) in [6, 6.07) is 0. The van der Waals surface area contributed by atoms with Crippen LogP contribution in [0.5, 0.6) is 0 Å². The van der Waals surface area contributed by atoms with E-state index in [0.29, 0.717) is 0 Å². The van der Waals surface area contributed by atoms with Crippen LogP contribution in [-0.4, -0.2) is 17.4 Å². The molecule has 0 bridgehead atoms. The van der Waals surface area contributed by atoms with Gasteiger partial charge in [0.25, 0.3) is 0 Å². The molecule has 0 N–H and O–H groups in total. The fraction of sp³-hybridized carbons (Fsp3) is 0. The normalized spacial score (nSPS) is 0. The number of hydrogen-bond acceptors (Lipinski definition) is 0. The minimum absolute atomic E-state index is 0. The van der Waals surface area contributed by atoms with E-state index in [0.717, 1.165) is 0 Å². The molecule has 0 saturated heterocycles. The van der Waals surface area contributed by atoms with E-state index in [2.05, 4.69) is 0 Å². The third-order valence-corrected chi connectivity index (χ3v) is 0. The van der Waals surface area contributed by atoms with Gasteiger partial charge in [0, 0.05) is 0 Å². The quantitative estimate of drug-likeness (QED) is 0.454. The van der Waals surface area contributed by atoms with Gasteiger partial charge < -0.3 is 11.0 Å². The van der Waals surface area contributed by atoms with Crippen molar-refractivity contribution in [1.82, 2.24) is 0 Å². The summed E-state index contributed by atoms with van der Waals surface area (Å²) in [5.74, 6) is 0. The van der Waals surface area contributed by atoms with Crippen LogP contribution in [-0.2, 0) is 47.5 Å². The molecule has 0 fully saturated rings. The van der Waals surface area contributed by atoms with Crippen LogP contribution in [0, 0.1) is 0 Å². The largest absolute Gasteiger partial charge is 3.00 e. The first-order valence-corrected chi connectivity index (χ1v) is 0. The summed E-state index contributed by atoms with van der Waals surface area (Å²) < 4.78 is 0. The van der Waals surface area contributed by atoms with Gasteiger partial charge in [-0.15, -0.1) is 0 Å². The van der Waals surface area contributed by atoms with E-state index in [4.69, 9.17) is 0 Å². The maximum absolute atomic E-state index is 0. The van der Waals surface area contributed by atoms with E-state index >= 15 is 0 Å². The van der Waals surface area contributed by atoms with Crippen LogP contribution >= 0.6 is 0 Å². The molecule has 0 aromatic carbocycles. The van der Waals surface area contributed by atoms with Gasteiger partial charge in [-0.2, -0.15) is 0 Å². The first kappa shape index (κ1) is 81.1. The molecular weight excluding hydrogens is 188 g/mol. The van der Waals surface area contributed by atoms with Gasteiger partial charge in [0.15, 0.2) is 0 Å². The Bertz CT molecular complexity index is 9.61. The second-order valence-corrected chi connectivity index (χ2v) is 0. The number of rotatable bonds is 0. The fourth-order valence-corrected chi connectivity index (χ4v) is 0. The molecule has 0 unspecified atom stereocenters. The van der Waals surface area contributed by atoms with Crippen LogP contribution in [0.2, 0.25) is 0 Å². The molecule has 0 rings (SSSR count). The third kappa shape index (κ3) is 28.4. The van der Waals surface area contributed by atoms with Gasteiger partial charge in [0.2, 0.25) is 0 Å². The fourth-order valence-electron chi connectivity index (χ4n) is 0. The molecule has 25 valence electrons. The van der Waals surface area contributed by atoms with Crippen molar-refractivity contribution in [1.29, 1.82) is 0 Å². The topological polar surface area (TPSA) is 57.0 Å². The molecule has 0 amide bonds. The van der Waals surface area contributed by atoms with Crippen LogP contribution < -0.4 is 0 Å². The van der Waals surface area contributed by atoms with E-state index in [1.165, 1.54) is 0 Å². The SMILES string of the molecule is [Al+3].[Cu+2].[O-2].[O-2].[Zn+2]. The van der Waals surface area contributed by atoms with Crippen LogP contribution in [0.4, 0.5) is 0 Å². The Morgan fingerprint density at radius 2 is 0.800 bits per heavy atom. The standard InChI is InChI=1S/Al.Cu.2O.Zn/q+3;+2;2*-2;+2. The van der Waals surface area contributed by atoms with Crippen molar-refractivity contribution in [2.24, 2.45) is 0 Å². The summed E-state index contributed by atoms with van der Waals surface area (Å²) in [6.45, 7) is 0. The Morgan fingerprint density at radius 3 is 0.800 bits per heavy atom. The van der Waals surface area contributed by atoms with Gasteiger partial charge in [-0.1, -0.05) is 0 Å². The van der Waals surface area contributed by atoms with Crippen LogP contribution in [0.25, 0.3) is 0 Å². The van der Waals surface area contributed by atoms with Gasteiger partial charge in [-0.25, -0.2) is 0 Å². The Kier molecular flexibility index (Phi) is 753. The van der Waals surface area contributed by atoms with Gasteiger partial charge in [0.05, 0.1) is 0 Å². The molecule has 0 heterocycles. The molecule has 5 heavy (non-hydrogen) atoms. The third-order valence-electron chi connectivity index (χ3n) is 0. The second kappa shape index (κ2) is 46.4. The van der Waals surface area contributed by atoms with E-state index in [1.54, 1.807) is 0 Å². The van der Waals surface area contributed by atoms with E-state index < -0.39 is 0 Å². The smallest absolute Gasteiger partial charge is 2.00 e. The zero-order valence-corrected chi connectivity index (χ0v) is 7.47. The van der Waals surface area contributed by atoms with Gasteiger partial charge in [-0.3, -0.25) is 0 Å². The Labute approximate surface area is 64.7 Å². The van der Waals surface area contributed by atoms with Gasteiger partial charge in [-0.05, 0) is 0 Å². The first-order valence-electron chi connectivity index (χ1n) is 0. The predicted molar refractivity (Wildman–Crippen MR) is 7.13 cm³/mol. The molecule has 0 aromatic rings. The van der Waals surface area contributed by atoms with Crippen molar-refractivity contribution in [3.63, 3.8) is 0 Å². The van der Waals surface area contributed by atoms with Crippen LogP contribution in [0.15, 0.2) is 0 Å². The van der Waals surface area contributed by atoms with Crippen molar-refractivity contribution < 1.29 is 47.5 Å². The summed E-state index contributed by atoms with van der Waals surface area (Å²) in [7, 11) is 0. The first-order chi connectivity index (χ1) is 0. The van der Waals surface area contributed by atoms with Gasteiger partial charge >= 0.3 is 53.9 Å². The maximum Gasteiger partial charge on any atom is 3.00 e. The van der Waals surface area contributed by atoms with Crippen LogP contribution in [0.3, 0.4) is 0 Å². The summed E-state index contributed by atoms with van der Waals surface area (Å²) >= 11 is 0. The zero-order valence-electron chi connectivity index (χ0n) is 2.40. The summed E-state index contributed by atoms with van der Waals surface area (Å²) in [5, 5.41) is 0. The molecule has 0 aliphatic rings. The van der Waals surface area contributed by atoms with Crippen molar-refractivity contribution >= 4 is 17.4 Å². The molecular formula is AlCuO2Zn+3. The van der Waals surface area contributed by atoms with Gasteiger partial charge in [0.1, 0.15) is 0 Å². The predicted octanol–water partition coefficient (Wildman–Crippen LogP) is -0.623. The van der Waals surface area contributed by atoms with Crippen molar-refractivity contribution in [3.05, 3.63) is 0 Å². The molecule has 1 radical (unpaired) electrons. The van der Waals surface area contributed by atoms with Crippen LogP contribution in [0.1, 0.15) is 0 Å². The molecule has 0 aromatic heterocycles. The summed E-state index contributed by atoms with van der Waals surface area (Å²) in [6.07, 6.45) is 0. The summed E-state index contributed by atoms with van der Waals surface area (Å²) in [4.78, 5) is 0. The molecule has 0 atom stereocenters. The zero-order chi connectivity index (χ0) is 0. The number of hydrogen-bond donors (Lipinski definition) is 0.